The number of halogens is 1. The van der Waals surface area contributed by atoms with E-state index in [4.69, 9.17) is 11.6 Å². The number of urea groups is 1. The van der Waals surface area contributed by atoms with Crippen LogP contribution in [0.2, 0.25) is 0 Å². The molecule has 1 aliphatic heterocycles. The van der Waals surface area contributed by atoms with Gasteiger partial charge in [0.05, 0.1) is 6.34 Å². The van der Waals surface area contributed by atoms with Crippen molar-refractivity contribution in [1.29, 1.82) is 0 Å². The van der Waals surface area contributed by atoms with Crippen LogP contribution in [-0.4, -0.2) is 42.0 Å². The SMILES string of the molecule is CC(C)NC1N=CN(CCCl)C(=O)N1. The minimum Gasteiger partial charge on any atom is -0.303 e. The molecule has 0 saturated heterocycles. The van der Waals surface area contributed by atoms with Gasteiger partial charge in [0, 0.05) is 18.5 Å². The summed E-state index contributed by atoms with van der Waals surface area (Å²) in [6.45, 7) is 4.46. The fourth-order valence-electron chi connectivity index (χ4n) is 1.09. The van der Waals surface area contributed by atoms with Gasteiger partial charge in [-0.2, -0.15) is 0 Å². The van der Waals surface area contributed by atoms with E-state index in [0.717, 1.165) is 0 Å². The highest BCUT2D eigenvalue weighted by Gasteiger charge is 2.20. The average Bonchev–Trinajstić information content (AvgIpc) is 2.09. The van der Waals surface area contributed by atoms with E-state index < -0.39 is 0 Å². The lowest BCUT2D eigenvalue weighted by Crippen LogP contribution is -2.55. The maximum atomic E-state index is 11.4. The van der Waals surface area contributed by atoms with Gasteiger partial charge in [-0.25, -0.2) is 9.79 Å². The van der Waals surface area contributed by atoms with Gasteiger partial charge in [0.15, 0.2) is 6.29 Å². The first-order valence-corrected chi connectivity index (χ1v) is 5.09. The molecule has 0 radical (unpaired) electrons. The van der Waals surface area contributed by atoms with Crippen LogP contribution in [0.4, 0.5) is 4.79 Å². The first kappa shape index (κ1) is 11.3. The second kappa shape index (κ2) is 5.17. The van der Waals surface area contributed by atoms with E-state index in [0.29, 0.717) is 12.4 Å². The zero-order chi connectivity index (χ0) is 10.6. The molecule has 1 rings (SSSR count). The Labute approximate surface area is 88.5 Å². The lowest BCUT2D eigenvalue weighted by molar-refractivity contribution is 0.211. The number of aliphatic imine (C=N–C) groups is 1. The standard InChI is InChI=1S/C8H15ClN4O/c1-6(2)11-7-10-5-13(4-3-9)8(14)12-7/h5-7,11H,3-4H2,1-2H3,(H,12,14). The highest BCUT2D eigenvalue weighted by molar-refractivity contribution is 6.18. The summed E-state index contributed by atoms with van der Waals surface area (Å²) in [6, 6.07) is 0.107. The van der Waals surface area contributed by atoms with Crippen molar-refractivity contribution in [2.24, 2.45) is 4.99 Å². The van der Waals surface area contributed by atoms with E-state index in [9.17, 15) is 4.79 Å². The van der Waals surface area contributed by atoms with Crippen molar-refractivity contribution in [3.05, 3.63) is 0 Å². The number of rotatable bonds is 4. The molecule has 0 fully saturated rings. The molecule has 2 N–H and O–H groups in total. The molecular formula is C8H15ClN4O. The fourth-order valence-corrected chi connectivity index (χ4v) is 1.27. The molecule has 0 aliphatic carbocycles. The molecule has 5 nitrogen and oxygen atoms in total. The second-order valence-electron chi connectivity index (χ2n) is 3.32. The summed E-state index contributed by atoms with van der Waals surface area (Å²) >= 11 is 5.52. The number of alkyl halides is 1. The second-order valence-corrected chi connectivity index (χ2v) is 3.70. The van der Waals surface area contributed by atoms with Gasteiger partial charge in [-0.15, -0.1) is 11.6 Å². The maximum Gasteiger partial charge on any atom is 0.325 e. The first-order valence-electron chi connectivity index (χ1n) is 4.56. The number of nitrogens with one attached hydrogen (secondary N) is 2. The maximum absolute atomic E-state index is 11.4. The van der Waals surface area contributed by atoms with Gasteiger partial charge >= 0.3 is 6.03 Å². The summed E-state index contributed by atoms with van der Waals surface area (Å²) in [6.07, 6.45) is 1.19. The third kappa shape index (κ3) is 3.16. The molecule has 80 valence electrons. The van der Waals surface area contributed by atoms with E-state index >= 15 is 0 Å². The summed E-state index contributed by atoms with van der Waals surface area (Å²) in [5.41, 5.74) is 0. The number of hydrogen-bond donors (Lipinski definition) is 2. The van der Waals surface area contributed by atoms with Gasteiger partial charge in [0.2, 0.25) is 0 Å². The van der Waals surface area contributed by atoms with E-state index in [1.165, 1.54) is 11.2 Å². The Morgan fingerprint density at radius 3 is 3.00 bits per heavy atom. The Balaban J connectivity index is 2.49. The number of carbonyl (C=O) groups is 1. The molecule has 6 heteroatoms. The molecule has 1 aliphatic rings. The lowest BCUT2D eigenvalue weighted by atomic mass is 10.4. The van der Waals surface area contributed by atoms with E-state index in [2.05, 4.69) is 15.6 Å². The number of carbonyl (C=O) groups excluding carboxylic acids is 1. The van der Waals surface area contributed by atoms with Crippen molar-refractivity contribution >= 4 is 24.0 Å². The topological polar surface area (TPSA) is 56.7 Å². The normalized spacial score (nSPS) is 21.6. The molecule has 1 heterocycles. The van der Waals surface area contributed by atoms with E-state index in [1.807, 2.05) is 13.8 Å². The number of nitrogens with zero attached hydrogens (tertiary/aromatic N) is 2. The van der Waals surface area contributed by atoms with Gasteiger partial charge in [0.1, 0.15) is 0 Å². The van der Waals surface area contributed by atoms with Crippen molar-refractivity contribution in [3.8, 4) is 0 Å². The number of hydrogen-bond acceptors (Lipinski definition) is 3. The van der Waals surface area contributed by atoms with Crippen LogP contribution in [0, 0.1) is 0 Å². The summed E-state index contributed by atoms with van der Waals surface area (Å²) in [5.74, 6) is 0.404. The largest absolute Gasteiger partial charge is 0.325 e. The predicted molar refractivity (Wildman–Crippen MR) is 56.5 cm³/mol. The summed E-state index contributed by atoms with van der Waals surface area (Å²) in [4.78, 5) is 17.0. The molecule has 0 saturated carbocycles. The van der Waals surface area contributed by atoms with Crippen molar-refractivity contribution in [2.75, 3.05) is 12.4 Å². The minimum atomic E-state index is -0.325. The van der Waals surface area contributed by atoms with Crippen LogP contribution in [0.15, 0.2) is 4.99 Å². The fraction of sp³-hybridized carbons (Fsp3) is 0.750. The van der Waals surface area contributed by atoms with Crippen molar-refractivity contribution in [2.45, 2.75) is 26.2 Å². The summed E-state index contributed by atoms with van der Waals surface area (Å²) < 4.78 is 0. The Morgan fingerprint density at radius 2 is 2.50 bits per heavy atom. The van der Waals surface area contributed by atoms with Crippen LogP contribution in [0.1, 0.15) is 13.8 Å². The molecule has 0 bridgehead atoms. The van der Waals surface area contributed by atoms with Crippen LogP contribution < -0.4 is 10.6 Å². The van der Waals surface area contributed by atoms with Crippen molar-refractivity contribution in [1.82, 2.24) is 15.5 Å². The Hall–Kier alpha value is -0.810. The third-order valence-electron chi connectivity index (χ3n) is 1.69. The molecular weight excluding hydrogens is 204 g/mol. The summed E-state index contributed by atoms with van der Waals surface area (Å²) in [5, 5.41) is 5.79. The molecule has 14 heavy (non-hydrogen) atoms. The van der Waals surface area contributed by atoms with Crippen LogP contribution in [0.5, 0.6) is 0 Å². The highest BCUT2D eigenvalue weighted by Crippen LogP contribution is 1.97. The smallest absolute Gasteiger partial charge is 0.303 e. The minimum absolute atomic E-state index is 0.168. The zero-order valence-corrected chi connectivity index (χ0v) is 9.08. The van der Waals surface area contributed by atoms with Crippen LogP contribution in [-0.2, 0) is 0 Å². The third-order valence-corrected chi connectivity index (χ3v) is 1.86. The lowest BCUT2D eigenvalue weighted by Gasteiger charge is -2.27. The quantitative estimate of drug-likeness (QED) is 0.678. The number of amides is 2. The van der Waals surface area contributed by atoms with E-state index in [1.54, 1.807) is 0 Å². The van der Waals surface area contributed by atoms with Crippen LogP contribution in [0.3, 0.4) is 0 Å². The zero-order valence-electron chi connectivity index (χ0n) is 8.33. The predicted octanol–water partition coefficient (Wildman–Crippen LogP) is 0.560. The highest BCUT2D eigenvalue weighted by atomic mass is 35.5. The average molecular weight is 219 g/mol. The first-order chi connectivity index (χ1) is 6.63. The Kier molecular flexibility index (Phi) is 4.16. The molecule has 1 unspecified atom stereocenters. The van der Waals surface area contributed by atoms with E-state index in [-0.39, 0.29) is 18.4 Å². The van der Waals surface area contributed by atoms with Crippen LogP contribution in [0.25, 0.3) is 0 Å². The summed E-state index contributed by atoms with van der Waals surface area (Å²) in [7, 11) is 0. The van der Waals surface area contributed by atoms with Gasteiger partial charge < -0.3 is 5.32 Å². The molecule has 0 aromatic rings. The Morgan fingerprint density at radius 1 is 1.79 bits per heavy atom. The van der Waals surface area contributed by atoms with Crippen LogP contribution >= 0.6 is 11.6 Å². The van der Waals surface area contributed by atoms with Gasteiger partial charge in [0.25, 0.3) is 0 Å². The Bertz CT molecular complexity index is 231. The molecule has 1 atom stereocenters. The molecule has 2 amide bonds. The van der Waals surface area contributed by atoms with Gasteiger partial charge in [-0.05, 0) is 13.8 Å². The van der Waals surface area contributed by atoms with Crippen molar-refractivity contribution in [3.63, 3.8) is 0 Å². The van der Waals surface area contributed by atoms with Gasteiger partial charge in [-0.3, -0.25) is 10.2 Å². The van der Waals surface area contributed by atoms with Crippen molar-refractivity contribution < 1.29 is 4.79 Å². The molecule has 0 aromatic carbocycles. The molecule has 0 spiro atoms. The molecule has 0 aromatic heterocycles. The monoisotopic (exact) mass is 218 g/mol. The van der Waals surface area contributed by atoms with Gasteiger partial charge in [-0.1, -0.05) is 0 Å².